The lowest BCUT2D eigenvalue weighted by atomic mass is 10.1. The van der Waals surface area contributed by atoms with Crippen molar-refractivity contribution < 1.29 is 9.84 Å². The Labute approximate surface area is 129 Å². The number of aromatic nitrogens is 2. The van der Waals surface area contributed by atoms with Gasteiger partial charge in [0.25, 0.3) is 5.88 Å². The van der Waals surface area contributed by atoms with Crippen LogP contribution in [0.5, 0.6) is 17.4 Å². The predicted octanol–water partition coefficient (Wildman–Crippen LogP) is 4.75. The van der Waals surface area contributed by atoms with Crippen molar-refractivity contribution in [3.63, 3.8) is 0 Å². The van der Waals surface area contributed by atoms with Gasteiger partial charge in [-0.05, 0) is 24.5 Å². The molecule has 1 N–H and O–H groups in total. The molecule has 2 aromatic rings. The molecule has 0 unspecified atom stereocenters. The van der Waals surface area contributed by atoms with Gasteiger partial charge in [-0.25, -0.2) is 0 Å². The highest BCUT2D eigenvalue weighted by Crippen LogP contribution is 2.31. The molecule has 1 aromatic carbocycles. The van der Waals surface area contributed by atoms with E-state index >= 15 is 0 Å². The Hall–Kier alpha value is -1.81. The highest BCUT2D eigenvalue weighted by atomic mass is 35.5. The quantitative estimate of drug-likeness (QED) is 0.750. The molecule has 112 valence electrons. The summed E-state index contributed by atoms with van der Waals surface area (Å²) in [5.41, 5.74) is 1.10. The third-order valence-corrected chi connectivity index (χ3v) is 3.37. The molecule has 5 heteroatoms. The van der Waals surface area contributed by atoms with Crippen LogP contribution in [0.3, 0.4) is 0 Å². The fourth-order valence-electron chi connectivity index (χ4n) is 2.08. The van der Waals surface area contributed by atoms with E-state index in [-0.39, 0.29) is 16.8 Å². The molecule has 0 fully saturated rings. The summed E-state index contributed by atoms with van der Waals surface area (Å²) in [5.74, 6) is 0.650. The standard InChI is InChI=1S/C16H19ClN2O2/c1-2-3-4-5-8-12-9-6-7-10-14(12)21-16-13(20)11-15(17)18-19-16/h6-7,9-11H,2-5,8H2,1H3,(H,18,20). The van der Waals surface area contributed by atoms with Gasteiger partial charge in [0.2, 0.25) is 0 Å². The maximum atomic E-state index is 9.78. The Morgan fingerprint density at radius 2 is 1.95 bits per heavy atom. The highest BCUT2D eigenvalue weighted by Gasteiger charge is 2.10. The maximum absolute atomic E-state index is 9.78. The summed E-state index contributed by atoms with van der Waals surface area (Å²) >= 11 is 5.66. The van der Waals surface area contributed by atoms with Crippen LogP contribution in [0.15, 0.2) is 30.3 Å². The number of benzene rings is 1. The molecule has 0 bridgehead atoms. The third kappa shape index (κ3) is 4.60. The average Bonchev–Trinajstić information content (AvgIpc) is 2.48. The van der Waals surface area contributed by atoms with Crippen LogP contribution in [0.25, 0.3) is 0 Å². The smallest absolute Gasteiger partial charge is 0.281 e. The average molecular weight is 307 g/mol. The van der Waals surface area contributed by atoms with E-state index in [4.69, 9.17) is 16.3 Å². The number of nitrogens with zero attached hydrogens (tertiary/aromatic N) is 2. The Balaban J connectivity index is 2.08. The van der Waals surface area contributed by atoms with Crippen molar-refractivity contribution in [1.29, 1.82) is 0 Å². The molecule has 4 nitrogen and oxygen atoms in total. The van der Waals surface area contributed by atoms with Gasteiger partial charge in [0, 0.05) is 6.07 Å². The molecule has 0 aliphatic carbocycles. The van der Waals surface area contributed by atoms with Gasteiger partial charge in [-0.3, -0.25) is 0 Å². The van der Waals surface area contributed by atoms with E-state index in [9.17, 15) is 5.11 Å². The molecule has 0 radical (unpaired) electrons. The molecular weight excluding hydrogens is 288 g/mol. The number of aryl methyl sites for hydroxylation is 1. The molecule has 0 spiro atoms. The number of unbranched alkanes of at least 4 members (excludes halogenated alkanes) is 3. The van der Waals surface area contributed by atoms with E-state index in [2.05, 4.69) is 17.1 Å². The monoisotopic (exact) mass is 306 g/mol. The molecule has 1 aromatic heterocycles. The summed E-state index contributed by atoms with van der Waals surface area (Å²) in [4.78, 5) is 0. The maximum Gasteiger partial charge on any atom is 0.281 e. The fraction of sp³-hybridized carbons (Fsp3) is 0.375. The van der Waals surface area contributed by atoms with Crippen molar-refractivity contribution in [2.75, 3.05) is 0 Å². The van der Waals surface area contributed by atoms with E-state index in [1.165, 1.54) is 25.3 Å². The van der Waals surface area contributed by atoms with Crippen LogP contribution in [0, 0.1) is 0 Å². The van der Waals surface area contributed by atoms with E-state index in [1.807, 2.05) is 24.3 Å². The number of hydrogen-bond donors (Lipinski definition) is 1. The minimum atomic E-state index is -0.115. The molecule has 2 rings (SSSR count). The van der Waals surface area contributed by atoms with Crippen molar-refractivity contribution in [3.05, 3.63) is 41.0 Å². The second-order valence-corrected chi connectivity index (χ2v) is 5.27. The van der Waals surface area contributed by atoms with Crippen LogP contribution in [-0.4, -0.2) is 15.3 Å². The first-order chi connectivity index (χ1) is 10.2. The van der Waals surface area contributed by atoms with Gasteiger partial charge in [0.05, 0.1) is 0 Å². The van der Waals surface area contributed by atoms with E-state index in [1.54, 1.807) is 0 Å². The van der Waals surface area contributed by atoms with Gasteiger partial charge < -0.3 is 9.84 Å². The molecule has 0 saturated heterocycles. The first kappa shape index (κ1) is 15.6. The Bertz CT molecular complexity index is 590. The summed E-state index contributed by atoms with van der Waals surface area (Å²) in [7, 11) is 0. The molecule has 0 atom stereocenters. The van der Waals surface area contributed by atoms with Crippen molar-refractivity contribution in [1.82, 2.24) is 10.2 Å². The lowest BCUT2D eigenvalue weighted by molar-refractivity contribution is 0.389. The SMILES string of the molecule is CCCCCCc1ccccc1Oc1nnc(Cl)cc1O. The lowest BCUT2D eigenvalue weighted by Crippen LogP contribution is -1.95. The number of ether oxygens (including phenoxy) is 1. The van der Waals surface area contributed by atoms with Crippen LogP contribution in [0.1, 0.15) is 38.2 Å². The molecule has 0 aliphatic heterocycles. The second kappa shape index (κ2) is 7.84. The summed E-state index contributed by atoms with van der Waals surface area (Å²) in [6, 6.07) is 9.08. The Morgan fingerprint density at radius 1 is 1.14 bits per heavy atom. The topological polar surface area (TPSA) is 55.2 Å². The molecule has 0 saturated carbocycles. The van der Waals surface area contributed by atoms with E-state index in [0.717, 1.165) is 18.4 Å². The summed E-state index contributed by atoms with van der Waals surface area (Å²) in [6.07, 6.45) is 5.72. The van der Waals surface area contributed by atoms with Crippen molar-refractivity contribution in [2.45, 2.75) is 39.0 Å². The van der Waals surface area contributed by atoms with Gasteiger partial charge in [0.15, 0.2) is 10.9 Å². The minimum Gasteiger partial charge on any atom is -0.503 e. The van der Waals surface area contributed by atoms with Gasteiger partial charge in [-0.2, -0.15) is 0 Å². The number of hydrogen-bond acceptors (Lipinski definition) is 4. The van der Waals surface area contributed by atoms with Crippen molar-refractivity contribution in [3.8, 4) is 17.4 Å². The molecule has 0 amide bonds. The Kier molecular flexibility index (Phi) is 5.81. The predicted molar refractivity (Wildman–Crippen MR) is 83.1 cm³/mol. The summed E-state index contributed by atoms with van der Waals surface area (Å²) in [5, 5.41) is 17.4. The molecule has 1 heterocycles. The fourth-order valence-corrected chi connectivity index (χ4v) is 2.22. The van der Waals surface area contributed by atoms with Gasteiger partial charge >= 0.3 is 0 Å². The minimum absolute atomic E-state index is 0.0698. The van der Waals surface area contributed by atoms with Crippen LogP contribution in [-0.2, 0) is 6.42 Å². The zero-order valence-electron chi connectivity index (χ0n) is 12.1. The zero-order chi connectivity index (χ0) is 15.1. The van der Waals surface area contributed by atoms with Crippen molar-refractivity contribution >= 4 is 11.6 Å². The van der Waals surface area contributed by atoms with Crippen molar-refractivity contribution in [2.24, 2.45) is 0 Å². The number of aromatic hydroxyl groups is 1. The van der Waals surface area contributed by atoms with E-state index < -0.39 is 0 Å². The summed E-state index contributed by atoms with van der Waals surface area (Å²) in [6.45, 7) is 2.19. The van der Waals surface area contributed by atoms with Gasteiger partial charge in [-0.15, -0.1) is 10.2 Å². The van der Waals surface area contributed by atoms with Gasteiger partial charge in [-0.1, -0.05) is 56.0 Å². The third-order valence-electron chi connectivity index (χ3n) is 3.19. The number of para-hydroxylation sites is 1. The van der Waals surface area contributed by atoms with Gasteiger partial charge in [0.1, 0.15) is 5.75 Å². The molecular formula is C16H19ClN2O2. The van der Waals surface area contributed by atoms with E-state index in [0.29, 0.717) is 5.75 Å². The normalized spacial score (nSPS) is 10.6. The largest absolute Gasteiger partial charge is 0.503 e. The van der Waals surface area contributed by atoms with Crippen LogP contribution < -0.4 is 4.74 Å². The zero-order valence-corrected chi connectivity index (χ0v) is 12.8. The first-order valence-corrected chi connectivity index (χ1v) is 7.56. The van der Waals surface area contributed by atoms with Crippen LogP contribution in [0.4, 0.5) is 0 Å². The van der Waals surface area contributed by atoms with Crippen LogP contribution >= 0.6 is 11.6 Å². The second-order valence-electron chi connectivity index (χ2n) is 4.88. The number of rotatable bonds is 7. The first-order valence-electron chi connectivity index (χ1n) is 7.18. The molecule has 21 heavy (non-hydrogen) atoms. The van der Waals surface area contributed by atoms with Crippen LogP contribution in [0.2, 0.25) is 5.15 Å². The lowest BCUT2D eigenvalue weighted by Gasteiger charge is -2.10. The number of halogens is 1. The summed E-state index contributed by atoms with van der Waals surface area (Å²) < 4.78 is 5.67. The molecule has 0 aliphatic rings. The Morgan fingerprint density at radius 3 is 2.71 bits per heavy atom. The highest BCUT2D eigenvalue weighted by molar-refractivity contribution is 6.29.